The van der Waals surface area contributed by atoms with Gasteiger partial charge in [-0.15, -0.1) is 0 Å². The van der Waals surface area contributed by atoms with Gasteiger partial charge in [-0.25, -0.2) is 0 Å². The van der Waals surface area contributed by atoms with Crippen molar-refractivity contribution in [3.63, 3.8) is 0 Å². The SMILES string of the molecule is CCCn1c2c(c3cc(C(=O)N4CCC(C)CC4)ccc31)CN(CCC(F)(F)F)CC2. The van der Waals surface area contributed by atoms with E-state index in [0.29, 0.717) is 24.6 Å². The average Bonchev–Trinajstić information content (AvgIpc) is 3.05. The predicted octanol–water partition coefficient (Wildman–Crippen LogP) is 5.23. The smallest absolute Gasteiger partial charge is 0.344 e. The number of piperidine rings is 1. The van der Waals surface area contributed by atoms with E-state index in [1.54, 1.807) is 0 Å². The van der Waals surface area contributed by atoms with Crippen molar-refractivity contribution < 1.29 is 18.0 Å². The van der Waals surface area contributed by atoms with E-state index < -0.39 is 12.6 Å². The Balaban J connectivity index is 1.64. The topological polar surface area (TPSA) is 28.5 Å². The highest BCUT2D eigenvalue weighted by molar-refractivity contribution is 5.99. The number of aromatic nitrogens is 1. The van der Waals surface area contributed by atoms with Crippen molar-refractivity contribution in [2.75, 3.05) is 26.2 Å². The highest BCUT2D eigenvalue weighted by Crippen LogP contribution is 2.33. The Morgan fingerprint density at radius 3 is 2.55 bits per heavy atom. The number of likely N-dealkylation sites (tertiary alicyclic amines) is 1. The van der Waals surface area contributed by atoms with Gasteiger partial charge < -0.3 is 9.47 Å². The zero-order valence-corrected chi connectivity index (χ0v) is 18.5. The summed E-state index contributed by atoms with van der Waals surface area (Å²) in [7, 11) is 0. The number of hydrogen-bond donors (Lipinski definition) is 0. The maximum Gasteiger partial charge on any atom is 0.390 e. The molecule has 7 heteroatoms. The molecule has 170 valence electrons. The largest absolute Gasteiger partial charge is 0.390 e. The third-order valence-corrected chi connectivity index (χ3v) is 6.81. The van der Waals surface area contributed by atoms with Crippen LogP contribution in [-0.2, 0) is 19.5 Å². The van der Waals surface area contributed by atoms with Gasteiger partial charge in [0.2, 0.25) is 0 Å². The minimum Gasteiger partial charge on any atom is -0.344 e. The summed E-state index contributed by atoms with van der Waals surface area (Å²) in [6, 6.07) is 5.93. The summed E-state index contributed by atoms with van der Waals surface area (Å²) in [4.78, 5) is 16.9. The van der Waals surface area contributed by atoms with E-state index in [1.807, 2.05) is 28.0 Å². The Labute approximate surface area is 182 Å². The van der Waals surface area contributed by atoms with Crippen molar-refractivity contribution in [1.82, 2.24) is 14.4 Å². The van der Waals surface area contributed by atoms with Crippen LogP contribution < -0.4 is 0 Å². The number of nitrogens with zero attached hydrogens (tertiary/aromatic N) is 3. The zero-order chi connectivity index (χ0) is 22.2. The molecule has 0 saturated carbocycles. The molecule has 0 spiro atoms. The lowest BCUT2D eigenvalue weighted by atomic mass is 9.98. The van der Waals surface area contributed by atoms with Gasteiger partial charge in [-0.2, -0.15) is 13.2 Å². The minimum atomic E-state index is -4.14. The molecule has 0 aliphatic carbocycles. The molecule has 2 aliphatic rings. The number of halogens is 3. The molecule has 4 nitrogen and oxygen atoms in total. The van der Waals surface area contributed by atoms with Crippen LogP contribution >= 0.6 is 0 Å². The number of aryl methyl sites for hydroxylation is 1. The summed E-state index contributed by atoms with van der Waals surface area (Å²) in [5.41, 5.74) is 4.09. The Morgan fingerprint density at radius 2 is 1.87 bits per heavy atom. The molecule has 3 heterocycles. The summed E-state index contributed by atoms with van der Waals surface area (Å²) in [6.45, 7) is 7.99. The first-order valence-corrected chi connectivity index (χ1v) is 11.5. The molecule has 0 atom stereocenters. The van der Waals surface area contributed by atoms with Gasteiger partial charge in [0.15, 0.2) is 0 Å². The Bertz CT molecular complexity index is 942. The van der Waals surface area contributed by atoms with E-state index >= 15 is 0 Å². The molecule has 1 aromatic carbocycles. The van der Waals surface area contributed by atoms with Gasteiger partial charge in [-0.05, 0) is 48.9 Å². The Hall–Kier alpha value is -2.02. The standard InChI is InChI=1S/C24H32F3N3O/c1-3-10-30-21-5-4-18(23(31)29-12-6-17(2)7-13-29)15-19(21)20-16-28(11-8-22(20)30)14-9-24(25,26)27/h4-5,15,17H,3,6-14,16H2,1-2H3. The summed E-state index contributed by atoms with van der Waals surface area (Å²) in [5, 5.41) is 1.02. The molecule has 0 radical (unpaired) electrons. The first-order valence-electron chi connectivity index (χ1n) is 11.5. The van der Waals surface area contributed by atoms with Gasteiger partial charge in [-0.3, -0.25) is 9.69 Å². The number of hydrogen-bond acceptors (Lipinski definition) is 2. The minimum absolute atomic E-state index is 0.0218. The molecule has 1 saturated heterocycles. The fourth-order valence-corrected chi connectivity index (χ4v) is 4.99. The Kier molecular flexibility index (Phi) is 6.33. The van der Waals surface area contributed by atoms with Crippen LogP contribution in [0.5, 0.6) is 0 Å². The Morgan fingerprint density at radius 1 is 1.13 bits per heavy atom. The first-order chi connectivity index (χ1) is 14.8. The highest BCUT2D eigenvalue weighted by Gasteiger charge is 2.30. The van der Waals surface area contributed by atoms with Crippen LogP contribution in [0.3, 0.4) is 0 Å². The van der Waals surface area contributed by atoms with Crippen LogP contribution in [0, 0.1) is 5.92 Å². The second-order valence-corrected chi connectivity index (χ2v) is 9.17. The summed E-state index contributed by atoms with van der Waals surface area (Å²) < 4.78 is 40.5. The van der Waals surface area contributed by atoms with Gasteiger partial charge in [0, 0.05) is 67.8 Å². The van der Waals surface area contributed by atoms with E-state index in [9.17, 15) is 18.0 Å². The number of fused-ring (bicyclic) bond motifs is 3. The molecule has 1 amide bonds. The van der Waals surface area contributed by atoms with Gasteiger partial charge in [0.25, 0.3) is 5.91 Å². The van der Waals surface area contributed by atoms with E-state index in [1.165, 1.54) is 5.69 Å². The lowest BCUT2D eigenvalue weighted by Crippen LogP contribution is -2.37. The van der Waals surface area contributed by atoms with Gasteiger partial charge in [0.05, 0.1) is 6.42 Å². The average molecular weight is 436 g/mol. The normalized spacial score (nSPS) is 18.5. The maximum atomic E-state index is 13.1. The number of carbonyl (C=O) groups excluding carboxylic acids is 1. The van der Waals surface area contributed by atoms with Crippen molar-refractivity contribution in [3.05, 3.63) is 35.0 Å². The number of alkyl halides is 3. The number of amides is 1. The summed E-state index contributed by atoms with van der Waals surface area (Å²) >= 11 is 0. The summed E-state index contributed by atoms with van der Waals surface area (Å²) in [6.07, 6.45) is -1.13. The van der Waals surface area contributed by atoms with Gasteiger partial charge in [0.1, 0.15) is 0 Å². The fourth-order valence-electron chi connectivity index (χ4n) is 4.99. The highest BCUT2D eigenvalue weighted by atomic mass is 19.4. The third kappa shape index (κ3) is 4.76. The van der Waals surface area contributed by atoms with Gasteiger partial charge in [-0.1, -0.05) is 13.8 Å². The van der Waals surface area contributed by atoms with Crippen LogP contribution in [0.2, 0.25) is 0 Å². The van der Waals surface area contributed by atoms with E-state index in [-0.39, 0.29) is 12.5 Å². The lowest BCUT2D eigenvalue weighted by Gasteiger charge is -2.30. The molecule has 1 aromatic heterocycles. The van der Waals surface area contributed by atoms with Crippen molar-refractivity contribution in [2.45, 2.75) is 65.2 Å². The summed E-state index contributed by atoms with van der Waals surface area (Å²) in [5.74, 6) is 0.722. The molecule has 1 fully saturated rings. The van der Waals surface area contributed by atoms with E-state index in [2.05, 4.69) is 18.4 Å². The quantitative estimate of drug-likeness (QED) is 0.643. The van der Waals surface area contributed by atoms with Crippen LogP contribution in [0.4, 0.5) is 13.2 Å². The fraction of sp³-hybridized carbons (Fsp3) is 0.625. The van der Waals surface area contributed by atoms with E-state index in [0.717, 1.165) is 61.8 Å². The van der Waals surface area contributed by atoms with Crippen molar-refractivity contribution in [2.24, 2.45) is 5.92 Å². The van der Waals surface area contributed by atoms with Crippen LogP contribution in [0.25, 0.3) is 10.9 Å². The molecule has 2 aromatic rings. The number of benzene rings is 1. The molecule has 0 unspecified atom stereocenters. The van der Waals surface area contributed by atoms with Crippen molar-refractivity contribution in [3.8, 4) is 0 Å². The second kappa shape index (κ2) is 8.85. The van der Waals surface area contributed by atoms with Crippen molar-refractivity contribution >= 4 is 16.8 Å². The molecule has 2 aliphatic heterocycles. The van der Waals surface area contributed by atoms with Crippen LogP contribution in [0.15, 0.2) is 18.2 Å². The van der Waals surface area contributed by atoms with E-state index in [4.69, 9.17) is 0 Å². The van der Waals surface area contributed by atoms with Gasteiger partial charge >= 0.3 is 6.18 Å². The maximum absolute atomic E-state index is 13.1. The third-order valence-electron chi connectivity index (χ3n) is 6.81. The monoisotopic (exact) mass is 435 g/mol. The molecular weight excluding hydrogens is 403 g/mol. The number of carbonyl (C=O) groups is 1. The van der Waals surface area contributed by atoms with Crippen LogP contribution in [0.1, 0.15) is 61.1 Å². The zero-order valence-electron chi connectivity index (χ0n) is 18.5. The predicted molar refractivity (Wildman–Crippen MR) is 116 cm³/mol. The molecule has 31 heavy (non-hydrogen) atoms. The van der Waals surface area contributed by atoms with Crippen LogP contribution in [-0.4, -0.2) is 52.6 Å². The number of rotatable bonds is 5. The molecular formula is C24H32F3N3O. The van der Waals surface area contributed by atoms with Crippen molar-refractivity contribution in [1.29, 1.82) is 0 Å². The molecule has 4 rings (SSSR count). The lowest BCUT2D eigenvalue weighted by molar-refractivity contribution is -0.138. The molecule has 0 N–H and O–H groups in total. The molecule has 0 bridgehead atoms. The first kappa shape index (κ1) is 22.2. The second-order valence-electron chi connectivity index (χ2n) is 9.17.